The van der Waals surface area contributed by atoms with Gasteiger partial charge in [0.25, 0.3) is 0 Å². The third-order valence-corrected chi connectivity index (χ3v) is 2.26. The fourth-order valence-electron chi connectivity index (χ4n) is 1.48. The zero-order chi connectivity index (χ0) is 11.5. The quantitative estimate of drug-likeness (QED) is 0.822. The molecule has 1 heterocycles. The fraction of sp³-hybridized carbons (Fsp3) is 0.182. The minimum absolute atomic E-state index is 0.346. The van der Waals surface area contributed by atoms with E-state index in [0.29, 0.717) is 17.3 Å². The number of rotatable bonds is 2. The number of ether oxygens (including phenoxy) is 1. The maximum Gasteiger partial charge on any atom is 0.153 e. The first-order valence-corrected chi connectivity index (χ1v) is 4.80. The number of nitrogens with two attached hydrogens (primary N) is 1. The number of nitrogen functional groups attached to an aromatic ring is 1. The zero-order valence-electron chi connectivity index (χ0n) is 9.14. The lowest BCUT2D eigenvalue weighted by atomic mass is 10.1. The van der Waals surface area contributed by atoms with Crippen LogP contribution in [0.5, 0.6) is 5.75 Å². The molecule has 1 aromatic heterocycles. The summed E-state index contributed by atoms with van der Waals surface area (Å²) in [7, 11) is 1.61. The topological polar surface area (TPSA) is 73.9 Å². The van der Waals surface area contributed by atoms with E-state index in [2.05, 4.69) is 15.2 Å². The molecule has 0 saturated heterocycles. The average Bonchev–Trinajstić information content (AvgIpc) is 2.29. The first kappa shape index (κ1) is 10.4. The molecule has 0 spiro atoms. The third kappa shape index (κ3) is 1.79. The van der Waals surface area contributed by atoms with Crippen LogP contribution in [-0.4, -0.2) is 22.3 Å². The summed E-state index contributed by atoms with van der Waals surface area (Å²) in [5.41, 5.74) is 8.21. The van der Waals surface area contributed by atoms with Crippen molar-refractivity contribution in [3.8, 4) is 17.0 Å². The van der Waals surface area contributed by atoms with Gasteiger partial charge in [0.1, 0.15) is 17.8 Å². The summed E-state index contributed by atoms with van der Waals surface area (Å²) in [6, 6.07) is 5.78. The molecule has 0 aliphatic carbocycles. The van der Waals surface area contributed by atoms with Crippen LogP contribution in [0.1, 0.15) is 5.56 Å². The summed E-state index contributed by atoms with van der Waals surface area (Å²) in [5.74, 6) is 1.05. The highest BCUT2D eigenvalue weighted by Crippen LogP contribution is 2.31. The van der Waals surface area contributed by atoms with Gasteiger partial charge in [0.2, 0.25) is 0 Å². The van der Waals surface area contributed by atoms with Crippen molar-refractivity contribution in [3.63, 3.8) is 0 Å². The maximum absolute atomic E-state index is 5.76. The van der Waals surface area contributed by atoms with E-state index in [4.69, 9.17) is 10.5 Å². The largest absolute Gasteiger partial charge is 0.496 e. The number of anilines is 1. The molecule has 0 saturated carbocycles. The lowest BCUT2D eigenvalue weighted by molar-refractivity contribution is 0.416. The maximum atomic E-state index is 5.76. The Bertz CT molecular complexity index is 513. The Morgan fingerprint density at radius 2 is 2.12 bits per heavy atom. The summed E-state index contributed by atoms with van der Waals surface area (Å²) in [6.07, 6.45) is 1.32. The van der Waals surface area contributed by atoms with Crippen molar-refractivity contribution in [2.24, 2.45) is 0 Å². The predicted molar refractivity (Wildman–Crippen MR) is 61.0 cm³/mol. The van der Waals surface area contributed by atoms with Crippen LogP contribution in [0.15, 0.2) is 24.5 Å². The number of nitrogens with zero attached hydrogens (tertiary/aromatic N) is 3. The number of aryl methyl sites for hydroxylation is 1. The Labute approximate surface area is 93.3 Å². The number of aromatic nitrogens is 3. The van der Waals surface area contributed by atoms with Gasteiger partial charge in [-0.1, -0.05) is 11.6 Å². The molecule has 2 N–H and O–H groups in total. The van der Waals surface area contributed by atoms with E-state index in [1.807, 2.05) is 25.1 Å². The fourth-order valence-corrected chi connectivity index (χ4v) is 1.48. The van der Waals surface area contributed by atoms with Gasteiger partial charge in [0, 0.05) is 5.56 Å². The Morgan fingerprint density at radius 3 is 2.81 bits per heavy atom. The zero-order valence-corrected chi connectivity index (χ0v) is 9.14. The van der Waals surface area contributed by atoms with Crippen LogP contribution in [0, 0.1) is 6.92 Å². The molecule has 2 aromatic rings. The van der Waals surface area contributed by atoms with E-state index in [1.165, 1.54) is 6.33 Å². The summed E-state index contributed by atoms with van der Waals surface area (Å²) >= 11 is 0. The second-order valence-corrected chi connectivity index (χ2v) is 3.40. The molecule has 1 aromatic carbocycles. The smallest absolute Gasteiger partial charge is 0.153 e. The van der Waals surface area contributed by atoms with Crippen molar-refractivity contribution in [2.45, 2.75) is 6.92 Å². The first-order chi connectivity index (χ1) is 7.72. The van der Waals surface area contributed by atoms with Gasteiger partial charge in [0.15, 0.2) is 5.82 Å². The number of methoxy groups -OCH3 is 1. The predicted octanol–water partition coefficient (Wildman–Crippen LogP) is 1.44. The molecular formula is C11H12N4O. The van der Waals surface area contributed by atoms with Crippen LogP contribution in [0.2, 0.25) is 0 Å². The average molecular weight is 216 g/mol. The normalized spacial score (nSPS) is 10.1. The minimum atomic E-state index is 0.346. The lowest BCUT2D eigenvalue weighted by Gasteiger charge is -2.09. The molecule has 0 unspecified atom stereocenters. The van der Waals surface area contributed by atoms with Crippen LogP contribution in [0.4, 0.5) is 5.82 Å². The lowest BCUT2D eigenvalue weighted by Crippen LogP contribution is -2.00. The van der Waals surface area contributed by atoms with Crippen LogP contribution in [0.3, 0.4) is 0 Å². The molecule has 0 aliphatic rings. The van der Waals surface area contributed by atoms with Crippen molar-refractivity contribution in [1.82, 2.24) is 15.2 Å². The Balaban J connectivity index is 2.63. The van der Waals surface area contributed by atoms with Gasteiger partial charge < -0.3 is 10.5 Å². The molecule has 0 aliphatic heterocycles. The van der Waals surface area contributed by atoms with Crippen molar-refractivity contribution < 1.29 is 4.74 Å². The molecular weight excluding hydrogens is 204 g/mol. The van der Waals surface area contributed by atoms with Gasteiger partial charge in [-0.25, -0.2) is 4.98 Å². The molecule has 82 valence electrons. The van der Waals surface area contributed by atoms with Gasteiger partial charge >= 0.3 is 0 Å². The summed E-state index contributed by atoms with van der Waals surface area (Å²) in [5, 5.41) is 7.71. The van der Waals surface area contributed by atoms with Crippen molar-refractivity contribution in [2.75, 3.05) is 12.8 Å². The first-order valence-electron chi connectivity index (χ1n) is 4.80. The molecule has 0 amide bonds. The molecule has 0 radical (unpaired) electrons. The van der Waals surface area contributed by atoms with Gasteiger partial charge in [0.05, 0.1) is 7.11 Å². The van der Waals surface area contributed by atoms with Gasteiger partial charge in [-0.05, 0) is 19.1 Å². The van der Waals surface area contributed by atoms with E-state index in [1.54, 1.807) is 7.11 Å². The minimum Gasteiger partial charge on any atom is -0.496 e. The number of hydrogen-bond acceptors (Lipinski definition) is 5. The highest BCUT2D eigenvalue weighted by atomic mass is 16.5. The Morgan fingerprint density at radius 1 is 1.31 bits per heavy atom. The van der Waals surface area contributed by atoms with Crippen molar-refractivity contribution in [1.29, 1.82) is 0 Å². The summed E-state index contributed by atoms with van der Waals surface area (Å²) in [4.78, 5) is 3.91. The van der Waals surface area contributed by atoms with E-state index >= 15 is 0 Å². The Kier molecular flexibility index (Phi) is 2.68. The van der Waals surface area contributed by atoms with Crippen LogP contribution < -0.4 is 10.5 Å². The van der Waals surface area contributed by atoms with Crippen LogP contribution >= 0.6 is 0 Å². The van der Waals surface area contributed by atoms with Gasteiger partial charge in [-0.2, -0.15) is 0 Å². The molecule has 0 fully saturated rings. The molecule has 0 bridgehead atoms. The highest BCUT2D eigenvalue weighted by Gasteiger charge is 2.11. The monoisotopic (exact) mass is 216 g/mol. The van der Waals surface area contributed by atoms with Crippen molar-refractivity contribution >= 4 is 5.82 Å². The third-order valence-electron chi connectivity index (χ3n) is 2.26. The molecule has 5 heteroatoms. The molecule has 5 nitrogen and oxygen atoms in total. The van der Waals surface area contributed by atoms with Gasteiger partial charge in [-0.3, -0.25) is 0 Å². The standard InChI is InChI=1S/C11H12N4O/c1-7-3-4-9(16-2)8(5-7)10-11(12)13-6-14-15-10/h3-6H,1-2H3,(H2,12,13,14). The van der Waals surface area contributed by atoms with E-state index in [9.17, 15) is 0 Å². The molecule has 2 rings (SSSR count). The van der Waals surface area contributed by atoms with Crippen molar-refractivity contribution in [3.05, 3.63) is 30.1 Å². The SMILES string of the molecule is COc1ccc(C)cc1-c1nncnc1N. The second-order valence-electron chi connectivity index (χ2n) is 3.40. The van der Waals surface area contributed by atoms with Crippen LogP contribution in [0.25, 0.3) is 11.3 Å². The van der Waals surface area contributed by atoms with E-state index in [0.717, 1.165) is 11.1 Å². The van der Waals surface area contributed by atoms with Gasteiger partial charge in [-0.15, -0.1) is 10.2 Å². The highest BCUT2D eigenvalue weighted by molar-refractivity contribution is 5.75. The Hall–Kier alpha value is -2.17. The second kappa shape index (κ2) is 4.14. The molecule has 16 heavy (non-hydrogen) atoms. The summed E-state index contributed by atoms with van der Waals surface area (Å²) < 4.78 is 5.26. The van der Waals surface area contributed by atoms with Crippen LogP contribution in [-0.2, 0) is 0 Å². The van der Waals surface area contributed by atoms with E-state index in [-0.39, 0.29) is 0 Å². The summed E-state index contributed by atoms with van der Waals surface area (Å²) in [6.45, 7) is 1.99. The number of hydrogen-bond donors (Lipinski definition) is 1. The number of benzene rings is 1. The molecule has 0 atom stereocenters. The van der Waals surface area contributed by atoms with E-state index < -0.39 is 0 Å².